The smallest absolute Gasteiger partial charge is 0.232 e. The Hall–Kier alpha value is -2.83. The van der Waals surface area contributed by atoms with E-state index in [2.05, 4.69) is 4.98 Å². The van der Waals surface area contributed by atoms with Crippen molar-refractivity contribution in [3.05, 3.63) is 52.7 Å². The zero-order valence-electron chi connectivity index (χ0n) is 17.7. The topological polar surface area (TPSA) is 66.4 Å². The summed E-state index contributed by atoms with van der Waals surface area (Å²) in [6, 6.07) is 6.46. The molecule has 1 aromatic carbocycles. The summed E-state index contributed by atoms with van der Waals surface area (Å²) >= 11 is 0. The molecule has 0 radical (unpaired) electrons. The minimum atomic E-state index is -0.266. The van der Waals surface area contributed by atoms with Gasteiger partial charge in [-0.2, -0.15) is 0 Å². The van der Waals surface area contributed by atoms with Crippen molar-refractivity contribution in [2.45, 2.75) is 52.5 Å². The predicted octanol–water partition coefficient (Wildman–Crippen LogP) is 3.38. The Morgan fingerprint density at radius 1 is 1.27 bits per heavy atom. The zero-order chi connectivity index (χ0) is 21.4. The van der Waals surface area contributed by atoms with Gasteiger partial charge in [0.25, 0.3) is 0 Å². The maximum atomic E-state index is 14.0. The number of nitrogens with zero attached hydrogens (tertiary/aromatic N) is 4. The molecular weight excluding hydrogens is 383 g/mol. The van der Waals surface area contributed by atoms with Gasteiger partial charge in [-0.3, -0.25) is 14.5 Å². The summed E-state index contributed by atoms with van der Waals surface area (Å²) in [5.41, 5.74) is 2.19. The Morgan fingerprint density at radius 2 is 2.03 bits per heavy atom. The number of likely N-dealkylation sites (tertiary alicyclic amines) is 1. The van der Waals surface area contributed by atoms with Crippen LogP contribution in [0, 0.1) is 18.7 Å². The van der Waals surface area contributed by atoms with E-state index in [1.807, 2.05) is 25.7 Å². The molecule has 0 bridgehead atoms. The Bertz CT molecular complexity index is 991. The molecule has 1 atom stereocenters. The number of hydrogen-bond donors (Lipinski definition) is 0. The Morgan fingerprint density at radius 3 is 2.77 bits per heavy atom. The quantitative estimate of drug-likeness (QED) is 0.758. The monoisotopic (exact) mass is 410 g/mol. The highest BCUT2D eigenvalue weighted by molar-refractivity contribution is 6.00. The van der Waals surface area contributed by atoms with Crippen molar-refractivity contribution in [1.82, 2.24) is 14.9 Å². The zero-order valence-corrected chi connectivity index (χ0v) is 17.7. The van der Waals surface area contributed by atoms with Crippen molar-refractivity contribution in [1.29, 1.82) is 0 Å². The average molecular weight is 410 g/mol. The third-order valence-corrected chi connectivity index (χ3v) is 5.98. The number of rotatable bonds is 5. The Kier molecular flexibility index (Phi) is 5.54. The summed E-state index contributed by atoms with van der Waals surface area (Å²) < 4.78 is 14.0. The van der Waals surface area contributed by atoms with Crippen molar-refractivity contribution in [3.63, 3.8) is 0 Å². The standard InChI is InChI=1S/C23H27FN4O2/c1-14(2)23(30)27-11-6-9-19(27)21-25-15(3)17-13-20(29)28(22(17)26-21)12-10-16-7-4-5-8-18(16)24/h4-5,7-8,14,19H,6,9-13H2,1-3H3/t19-/m0/s1. The van der Waals surface area contributed by atoms with E-state index in [4.69, 9.17) is 4.98 Å². The average Bonchev–Trinajstić information content (AvgIpc) is 3.31. The molecular formula is C23H27FN4O2. The van der Waals surface area contributed by atoms with Crippen molar-refractivity contribution in [2.75, 3.05) is 18.0 Å². The van der Waals surface area contributed by atoms with Crippen LogP contribution in [0.1, 0.15) is 55.4 Å². The molecule has 7 heteroatoms. The molecule has 2 aromatic rings. The van der Waals surface area contributed by atoms with Gasteiger partial charge >= 0.3 is 0 Å². The molecule has 3 heterocycles. The van der Waals surface area contributed by atoms with E-state index in [0.29, 0.717) is 36.7 Å². The largest absolute Gasteiger partial charge is 0.332 e. The van der Waals surface area contributed by atoms with Crippen molar-refractivity contribution >= 4 is 17.6 Å². The maximum absolute atomic E-state index is 14.0. The van der Waals surface area contributed by atoms with Crippen LogP contribution < -0.4 is 4.90 Å². The first-order chi connectivity index (χ1) is 14.4. The van der Waals surface area contributed by atoms with Gasteiger partial charge in [-0.1, -0.05) is 32.0 Å². The lowest BCUT2D eigenvalue weighted by molar-refractivity contribution is -0.135. The van der Waals surface area contributed by atoms with E-state index >= 15 is 0 Å². The lowest BCUT2D eigenvalue weighted by atomic mass is 10.1. The first-order valence-electron chi connectivity index (χ1n) is 10.6. The number of hydrogen-bond acceptors (Lipinski definition) is 4. The number of aromatic nitrogens is 2. The summed E-state index contributed by atoms with van der Waals surface area (Å²) in [6.45, 7) is 6.76. The molecule has 0 aliphatic carbocycles. The molecule has 2 amide bonds. The number of amides is 2. The number of carbonyl (C=O) groups excluding carboxylic acids is 2. The first-order valence-corrected chi connectivity index (χ1v) is 10.6. The van der Waals surface area contributed by atoms with E-state index in [9.17, 15) is 14.0 Å². The summed E-state index contributed by atoms with van der Waals surface area (Å²) in [5.74, 6) is 0.924. The van der Waals surface area contributed by atoms with E-state index < -0.39 is 0 Å². The van der Waals surface area contributed by atoms with Gasteiger partial charge in [-0.15, -0.1) is 0 Å². The number of benzene rings is 1. The van der Waals surface area contributed by atoms with Crippen molar-refractivity contribution < 1.29 is 14.0 Å². The van der Waals surface area contributed by atoms with Crippen LogP contribution in [0.5, 0.6) is 0 Å². The molecule has 0 spiro atoms. The van der Waals surface area contributed by atoms with Crippen LogP contribution in [0.25, 0.3) is 0 Å². The normalized spacial score (nSPS) is 18.4. The van der Waals surface area contributed by atoms with Gasteiger partial charge < -0.3 is 4.90 Å². The van der Waals surface area contributed by atoms with Gasteiger partial charge in [0.2, 0.25) is 11.8 Å². The number of fused-ring (bicyclic) bond motifs is 1. The van der Waals surface area contributed by atoms with Gasteiger partial charge in [0.15, 0.2) is 5.82 Å². The summed E-state index contributed by atoms with van der Waals surface area (Å²) in [6.07, 6.45) is 2.41. The highest BCUT2D eigenvalue weighted by Crippen LogP contribution is 2.35. The third kappa shape index (κ3) is 3.68. The van der Waals surface area contributed by atoms with E-state index in [0.717, 1.165) is 24.1 Å². The van der Waals surface area contributed by atoms with Crippen LogP contribution in [-0.4, -0.2) is 39.8 Å². The fourth-order valence-corrected chi connectivity index (χ4v) is 4.34. The van der Waals surface area contributed by atoms with E-state index in [-0.39, 0.29) is 36.0 Å². The number of anilines is 1. The van der Waals surface area contributed by atoms with Crippen molar-refractivity contribution in [2.24, 2.45) is 5.92 Å². The van der Waals surface area contributed by atoms with Crippen molar-refractivity contribution in [3.8, 4) is 0 Å². The van der Waals surface area contributed by atoms with Crippen LogP contribution in [0.15, 0.2) is 24.3 Å². The molecule has 0 N–H and O–H groups in total. The maximum Gasteiger partial charge on any atom is 0.232 e. The fourth-order valence-electron chi connectivity index (χ4n) is 4.34. The summed E-state index contributed by atoms with van der Waals surface area (Å²) in [5, 5.41) is 0. The highest BCUT2D eigenvalue weighted by Gasteiger charge is 2.36. The van der Waals surface area contributed by atoms with Gasteiger partial charge in [0.05, 0.1) is 12.5 Å². The number of halogens is 1. The first kappa shape index (κ1) is 20.4. The molecule has 0 unspecified atom stereocenters. The predicted molar refractivity (Wildman–Crippen MR) is 111 cm³/mol. The molecule has 2 aliphatic rings. The SMILES string of the molecule is Cc1nc([C@@H]2CCCN2C(=O)C(C)C)nc2c1CC(=O)N2CCc1ccccc1F. The van der Waals surface area contributed by atoms with Crippen LogP contribution >= 0.6 is 0 Å². The molecule has 1 saturated heterocycles. The van der Waals surface area contributed by atoms with Crippen LogP contribution in [-0.2, 0) is 22.4 Å². The molecule has 158 valence electrons. The second kappa shape index (κ2) is 8.13. The van der Waals surface area contributed by atoms with Crippen LogP contribution in [0.3, 0.4) is 0 Å². The molecule has 0 saturated carbocycles. The molecule has 4 rings (SSSR count). The van der Waals surface area contributed by atoms with E-state index in [1.165, 1.54) is 6.07 Å². The highest BCUT2D eigenvalue weighted by atomic mass is 19.1. The fraction of sp³-hybridized carbons (Fsp3) is 0.478. The summed E-state index contributed by atoms with van der Waals surface area (Å²) in [7, 11) is 0. The summed E-state index contributed by atoms with van der Waals surface area (Å²) in [4.78, 5) is 38.3. The van der Waals surface area contributed by atoms with E-state index in [1.54, 1.807) is 23.1 Å². The third-order valence-electron chi connectivity index (χ3n) is 5.98. The second-order valence-electron chi connectivity index (χ2n) is 8.38. The number of carbonyl (C=O) groups is 2. The van der Waals surface area contributed by atoms with Crippen LogP contribution in [0.2, 0.25) is 0 Å². The van der Waals surface area contributed by atoms with Gasteiger partial charge in [-0.05, 0) is 37.8 Å². The minimum absolute atomic E-state index is 0.0441. The van der Waals surface area contributed by atoms with Crippen LogP contribution in [0.4, 0.5) is 10.2 Å². The number of aryl methyl sites for hydroxylation is 1. The lowest BCUT2D eigenvalue weighted by Crippen LogP contribution is -2.35. The van der Waals surface area contributed by atoms with Gasteiger partial charge in [0, 0.05) is 30.3 Å². The molecule has 1 aromatic heterocycles. The molecule has 6 nitrogen and oxygen atoms in total. The van der Waals surface area contributed by atoms with Gasteiger partial charge in [-0.25, -0.2) is 14.4 Å². The minimum Gasteiger partial charge on any atom is -0.332 e. The van der Waals surface area contributed by atoms with Gasteiger partial charge in [0.1, 0.15) is 11.6 Å². The Labute approximate surface area is 176 Å². The second-order valence-corrected chi connectivity index (χ2v) is 8.38. The lowest BCUT2D eigenvalue weighted by Gasteiger charge is -2.26. The Balaban J connectivity index is 1.62. The molecule has 1 fully saturated rings. The molecule has 30 heavy (non-hydrogen) atoms. The molecule has 2 aliphatic heterocycles.